The van der Waals surface area contributed by atoms with E-state index < -0.39 is 83.1 Å². The molecule has 0 spiro atoms. The van der Waals surface area contributed by atoms with E-state index >= 15 is 0 Å². The van der Waals surface area contributed by atoms with E-state index in [-0.39, 0.29) is 30.1 Å². The molecule has 3 aromatic rings. The average Bonchev–Trinajstić information content (AvgIpc) is 3.41. The second-order valence-electron chi connectivity index (χ2n) is 15.0. The van der Waals surface area contributed by atoms with Crippen LogP contribution in [0.25, 0.3) is 10.4 Å². The van der Waals surface area contributed by atoms with Crippen molar-refractivity contribution in [2.75, 3.05) is 6.54 Å². The molecular formula is C41H44ClN5O9S. The van der Waals surface area contributed by atoms with E-state index in [2.05, 4.69) is 20.9 Å². The van der Waals surface area contributed by atoms with Gasteiger partial charge in [-0.15, -0.1) is 11.3 Å². The summed E-state index contributed by atoms with van der Waals surface area (Å²) in [4.78, 5) is 87.1. The summed E-state index contributed by atoms with van der Waals surface area (Å²) in [5.74, 6) is -4.97. The number of hydrogen-bond acceptors (Lipinski definition) is 10. The van der Waals surface area contributed by atoms with Crippen molar-refractivity contribution in [2.45, 2.75) is 88.7 Å². The first-order valence-corrected chi connectivity index (χ1v) is 19.7. The number of ether oxygens (including phenoxy) is 1. The molecule has 1 saturated heterocycles. The van der Waals surface area contributed by atoms with Crippen molar-refractivity contribution < 1.29 is 43.7 Å². The standard InChI is InChI=1S/C41H44ClN5O9S/c1-22(2)34(46-36(53)30(44-24(4)48)17-25-13-15-26(49)16-14-25)38(54)47-21-40(56-27-10-6-5-7-11-27)20-41(40,47)39(55)45-29(18-32(50)51)35(52)37-43-19-31(57-37)33-23(3)9-8-12-28(33)42/h5-10,12-16,19,22,27,29-30,34,49H,11,17-18,20-21H2,1-4H3,(H,44,48)(H,45,55)(H,46,53)(H,50,51)/t27?,29-,30-,34?,40?,41-/m0/s1. The number of carboxylic acid groups (broad SMARTS) is 1. The van der Waals surface area contributed by atoms with Gasteiger partial charge in [0.05, 0.1) is 23.9 Å². The Morgan fingerprint density at radius 3 is 2.40 bits per heavy atom. The van der Waals surface area contributed by atoms with Crippen molar-refractivity contribution >= 4 is 58.3 Å². The van der Waals surface area contributed by atoms with Crippen LogP contribution in [-0.2, 0) is 35.1 Å². The molecule has 16 heteroatoms. The summed E-state index contributed by atoms with van der Waals surface area (Å²) in [6, 6.07) is 7.76. The zero-order chi connectivity index (χ0) is 41.2. The molecule has 2 aliphatic carbocycles. The maximum atomic E-state index is 14.5. The Morgan fingerprint density at radius 1 is 1.04 bits per heavy atom. The van der Waals surface area contributed by atoms with Crippen molar-refractivity contribution in [2.24, 2.45) is 5.92 Å². The van der Waals surface area contributed by atoms with Crippen LogP contribution in [0.3, 0.4) is 0 Å². The summed E-state index contributed by atoms with van der Waals surface area (Å²) >= 11 is 7.47. The molecule has 0 bridgehead atoms. The number of aromatic nitrogens is 1. The van der Waals surface area contributed by atoms with Crippen molar-refractivity contribution in [3.63, 3.8) is 0 Å². The number of carbonyl (C=O) groups is 6. The SMILES string of the molecule is CC(=O)N[C@@H](Cc1ccc(O)cc1)C(=O)NC(C(=O)N1CC2(OC3C=CC=CC3)C[C@@]12C(=O)N[C@@H](CC(=O)O)C(=O)c1ncc(-c2c(C)cccc2Cl)s1)C(C)C. The van der Waals surface area contributed by atoms with Crippen molar-refractivity contribution in [1.29, 1.82) is 0 Å². The summed E-state index contributed by atoms with van der Waals surface area (Å²) in [5.41, 5.74) is -0.569. The third kappa shape index (κ3) is 8.50. The van der Waals surface area contributed by atoms with Crippen LogP contribution in [0, 0.1) is 12.8 Å². The van der Waals surface area contributed by atoms with Gasteiger partial charge in [-0.25, -0.2) is 4.98 Å². The lowest BCUT2D eigenvalue weighted by molar-refractivity contribution is -0.173. The van der Waals surface area contributed by atoms with E-state index in [0.29, 0.717) is 27.4 Å². The van der Waals surface area contributed by atoms with Gasteiger partial charge in [0.2, 0.25) is 29.4 Å². The highest BCUT2D eigenvalue weighted by Crippen LogP contribution is 2.65. The number of fused-ring (bicyclic) bond motifs is 1. The lowest BCUT2D eigenvalue weighted by Crippen LogP contribution is -2.72. The molecule has 1 aromatic heterocycles. The topological polar surface area (TPSA) is 204 Å². The van der Waals surface area contributed by atoms with E-state index in [0.717, 1.165) is 16.9 Å². The Bertz CT molecular complexity index is 2130. The predicted octanol–water partition coefficient (Wildman–Crippen LogP) is 4.13. The van der Waals surface area contributed by atoms with E-state index in [1.54, 1.807) is 38.1 Å². The van der Waals surface area contributed by atoms with Crippen LogP contribution in [0.2, 0.25) is 5.02 Å². The Balaban J connectivity index is 1.26. The number of Topliss-reactive ketones (excluding diaryl/α,β-unsaturated/α-hetero) is 1. The van der Waals surface area contributed by atoms with Gasteiger partial charge in [-0.05, 0) is 48.6 Å². The van der Waals surface area contributed by atoms with Gasteiger partial charge in [-0.1, -0.05) is 74.0 Å². The number of aliphatic carboxylic acids is 1. The number of ketones is 1. The van der Waals surface area contributed by atoms with Gasteiger partial charge in [-0.2, -0.15) is 0 Å². The van der Waals surface area contributed by atoms with Crippen molar-refractivity contribution in [3.05, 3.63) is 94.1 Å². The number of thiazole rings is 1. The largest absolute Gasteiger partial charge is 0.508 e. The number of likely N-dealkylation sites (tertiary alicyclic amines) is 1. The molecule has 300 valence electrons. The molecule has 3 unspecified atom stereocenters. The summed E-state index contributed by atoms with van der Waals surface area (Å²) in [7, 11) is 0. The molecule has 3 aliphatic rings. The number of allylic oxidation sites excluding steroid dienone is 2. The van der Waals surface area contributed by atoms with Gasteiger partial charge >= 0.3 is 5.97 Å². The van der Waals surface area contributed by atoms with Crippen LogP contribution in [0.4, 0.5) is 0 Å². The molecule has 5 N–H and O–H groups in total. The summed E-state index contributed by atoms with van der Waals surface area (Å²) in [6.07, 6.45) is 8.42. The monoisotopic (exact) mass is 817 g/mol. The Hall–Kier alpha value is -5.38. The first-order valence-electron chi connectivity index (χ1n) is 18.5. The third-order valence-corrected chi connectivity index (χ3v) is 11.8. The summed E-state index contributed by atoms with van der Waals surface area (Å²) < 4.78 is 6.48. The smallest absolute Gasteiger partial charge is 0.305 e. The fraction of sp³-hybridized carbons (Fsp3) is 0.390. The number of amides is 4. The number of rotatable bonds is 16. The van der Waals surface area contributed by atoms with Crippen molar-refractivity contribution in [3.8, 4) is 16.2 Å². The lowest BCUT2D eigenvalue weighted by Gasteiger charge is -2.48. The molecule has 0 radical (unpaired) electrons. The van der Waals surface area contributed by atoms with Gasteiger partial charge in [0, 0.05) is 36.5 Å². The van der Waals surface area contributed by atoms with Crippen LogP contribution in [0.5, 0.6) is 5.75 Å². The lowest BCUT2D eigenvalue weighted by atomic mass is 9.92. The van der Waals surface area contributed by atoms with Crippen LogP contribution < -0.4 is 16.0 Å². The molecule has 14 nitrogen and oxygen atoms in total. The Morgan fingerprint density at radius 2 is 1.77 bits per heavy atom. The van der Waals surface area contributed by atoms with E-state index in [4.69, 9.17) is 16.3 Å². The minimum atomic E-state index is -1.61. The van der Waals surface area contributed by atoms with E-state index in [1.165, 1.54) is 30.2 Å². The molecule has 2 fully saturated rings. The van der Waals surface area contributed by atoms with Crippen LogP contribution in [0.1, 0.15) is 61.0 Å². The first-order chi connectivity index (χ1) is 27.0. The van der Waals surface area contributed by atoms with E-state index in [1.807, 2.05) is 37.3 Å². The number of hydrogen-bond donors (Lipinski definition) is 5. The van der Waals surface area contributed by atoms with Gasteiger partial charge in [0.1, 0.15) is 29.5 Å². The van der Waals surface area contributed by atoms with Gasteiger partial charge in [0.25, 0.3) is 0 Å². The molecule has 6 atom stereocenters. The minimum absolute atomic E-state index is 0.000396. The maximum absolute atomic E-state index is 14.5. The second kappa shape index (κ2) is 16.6. The van der Waals surface area contributed by atoms with Crippen LogP contribution in [-0.4, -0.2) is 97.4 Å². The molecule has 2 heterocycles. The zero-order valence-corrected chi connectivity index (χ0v) is 33.4. The second-order valence-corrected chi connectivity index (χ2v) is 16.4. The number of carboxylic acids is 1. The number of carbonyl (C=O) groups excluding carboxylic acids is 5. The highest BCUT2D eigenvalue weighted by molar-refractivity contribution is 7.17. The number of halogens is 1. The predicted molar refractivity (Wildman–Crippen MR) is 212 cm³/mol. The fourth-order valence-electron chi connectivity index (χ4n) is 7.50. The Labute approximate surface area is 338 Å². The van der Waals surface area contributed by atoms with Gasteiger partial charge < -0.3 is 35.8 Å². The highest BCUT2D eigenvalue weighted by atomic mass is 35.5. The average molecular weight is 818 g/mol. The number of aryl methyl sites for hydroxylation is 1. The number of benzene rings is 2. The maximum Gasteiger partial charge on any atom is 0.305 e. The van der Waals surface area contributed by atoms with Gasteiger partial charge in [-0.3, -0.25) is 28.8 Å². The molecule has 1 aliphatic heterocycles. The number of phenolic OH excluding ortho intramolecular Hbond substituents is 1. The molecule has 1 saturated carbocycles. The number of phenols is 1. The number of aromatic hydroxyl groups is 1. The molecule has 6 rings (SSSR count). The normalized spacial score (nSPS) is 22.1. The molecule has 57 heavy (non-hydrogen) atoms. The Kier molecular flexibility index (Phi) is 12.0. The zero-order valence-electron chi connectivity index (χ0n) is 31.8. The molecule has 4 amide bonds. The van der Waals surface area contributed by atoms with Gasteiger partial charge in [0.15, 0.2) is 10.5 Å². The van der Waals surface area contributed by atoms with Crippen molar-refractivity contribution in [1.82, 2.24) is 25.8 Å². The quantitative estimate of drug-likeness (QED) is 0.131. The van der Waals surface area contributed by atoms with Crippen LogP contribution in [0.15, 0.2) is 73.0 Å². The molecule has 2 aromatic carbocycles. The summed E-state index contributed by atoms with van der Waals surface area (Å²) in [5, 5.41) is 28.0. The minimum Gasteiger partial charge on any atom is -0.508 e. The van der Waals surface area contributed by atoms with E-state index in [9.17, 15) is 39.0 Å². The third-order valence-electron chi connectivity index (χ3n) is 10.5. The number of nitrogens with zero attached hydrogens (tertiary/aromatic N) is 2. The summed E-state index contributed by atoms with van der Waals surface area (Å²) in [6.45, 7) is 6.58. The first kappa shape index (κ1) is 41.3. The fourth-order valence-corrected chi connectivity index (χ4v) is 8.91. The number of nitrogens with one attached hydrogen (secondary N) is 3. The van der Waals surface area contributed by atoms with Crippen LogP contribution >= 0.6 is 22.9 Å². The highest BCUT2D eigenvalue weighted by Gasteiger charge is 2.86. The molecular weight excluding hydrogens is 774 g/mol.